The van der Waals surface area contributed by atoms with E-state index in [1.54, 1.807) is 23.2 Å². The molecule has 0 bridgehead atoms. The average Bonchev–Trinajstić information content (AvgIpc) is 2.50. The summed E-state index contributed by atoms with van der Waals surface area (Å²) in [6.45, 7) is 0.700. The second kappa shape index (κ2) is 5.36. The van der Waals surface area contributed by atoms with E-state index >= 15 is 0 Å². The maximum atomic E-state index is 12.2. The third-order valence-corrected chi connectivity index (χ3v) is 5.16. The van der Waals surface area contributed by atoms with Gasteiger partial charge in [-0.25, -0.2) is 13.4 Å². The number of hydrogen-bond donors (Lipinski definition) is 0. The molecule has 0 unspecified atom stereocenters. The van der Waals surface area contributed by atoms with Crippen LogP contribution in [-0.2, 0) is 9.84 Å². The van der Waals surface area contributed by atoms with Crippen LogP contribution in [0.15, 0.2) is 22.8 Å². The number of aromatic nitrogens is 1. The number of nitrogens with zero attached hydrogens (tertiary/aromatic N) is 2. The van der Waals surface area contributed by atoms with Crippen molar-refractivity contribution in [1.82, 2.24) is 9.88 Å². The fourth-order valence-electron chi connectivity index (χ4n) is 1.83. The molecule has 1 aliphatic heterocycles. The molecule has 2 rings (SSSR count). The Morgan fingerprint density at radius 3 is 2.83 bits per heavy atom. The van der Waals surface area contributed by atoms with E-state index in [4.69, 9.17) is 0 Å². The van der Waals surface area contributed by atoms with Crippen molar-refractivity contribution in [3.63, 3.8) is 0 Å². The predicted octanol–water partition coefficient (Wildman–Crippen LogP) is 1.10. The molecule has 7 heteroatoms. The largest absolute Gasteiger partial charge is 0.336 e. The van der Waals surface area contributed by atoms with Crippen LogP contribution in [0.3, 0.4) is 0 Å². The number of rotatable bonds is 1. The zero-order chi connectivity index (χ0) is 13.2. The molecule has 1 amide bonds. The number of sulfone groups is 1. The highest BCUT2D eigenvalue weighted by molar-refractivity contribution is 9.10. The van der Waals surface area contributed by atoms with E-state index in [2.05, 4.69) is 20.9 Å². The van der Waals surface area contributed by atoms with Crippen LogP contribution in [0, 0.1) is 0 Å². The zero-order valence-corrected chi connectivity index (χ0v) is 12.1. The fraction of sp³-hybridized carbons (Fsp3) is 0.455. The Labute approximate surface area is 114 Å². The van der Waals surface area contributed by atoms with Crippen LogP contribution >= 0.6 is 15.9 Å². The fourth-order valence-corrected chi connectivity index (χ4v) is 3.53. The first-order valence-corrected chi connectivity index (χ1v) is 8.21. The molecule has 1 aromatic heterocycles. The first-order valence-electron chi connectivity index (χ1n) is 5.60. The summed E-state index contributed by atoms with van der Waals surface area (Å²) in [5.74, 6) is -0.0387. The number of carbonyl (C=O) groups is 1. The Morgan fingerprint density at radius 2 is 2.11 bits per heavy atom. The highest BCUT2D eigenvalue weighted by Crippen LogP contribution is 2.16. The first-order chi connectivity index (χ1) is 8.49. The summed E-state index contributed by atoms with van der Waals surface area (Å²) in [4.78, 5) is 17.8. The zero-order valence-electron chi connectivity index (χ0n) is 9.67. The molecule has 0 N–H and O–H groups in total. The number of carbonyl (C=O) groups excluding carboxylic acids is 1. The number of hydrogen-bond acceptors (Lipinski definition) is 4. The summed E-state index contributed by atoms with van der Waals surface area (Å²) < 4.78 is 23.6. The normalized spacial score (nSPS) is 19.3. The summed E-state index contributed by atoms with van der Waals surface area (Å²) in [6, 6.07) is 3.47. The topological polar surface area (TPSA) is 67.3 Å². The van der Waals surface area contributed by atoms with Crippen LogP contribution in [0.4, 0.5) is 0 Å². The van der Waals surface area contributed by atoms with Crippen LogP contribution in [0.5, 0.6) is 0 Å². The Bertz CT molecular complexity index is 559. The van der Waals surface area contributed by atoms with Gasteiger partial charge in [0.15, 0.2) is 9.84 Å². The number of amides is 1. The quantitative estimate of drug-likeness (QED) is 0.772. The molecule has 98 valence electrons. The molecule has 5 nitrogen and oxygen atoms in total. The Morgan fingerprint density at radius 1 is 1.33 bits per heavy atom. The summed E-state index contributed by atoms with van der Waals surface area (Å²) in [5, 5.41) is 0. The van der Waals surface area contributed by atoms with Gasteiger partial charge in [0.25, 0.3) is 5.91 Å². The molecule has 0 aromatic carbocycles. The van der Waals surface area contributed by atoms with E-state index < -0.39 is 9.84 Å². The van der Waals surface area contributed by atoms with E-state index in [0.717, 1.165) is 0 Å². The van der Waals surface area contributed by atoms with Gasteiger partial charge in [0.05, 0.1) is 11.5 Å². The van der Waals surface area contributed by atoms with Gasteiger partial charge in [0, 0.05) is 23.8 Å². The van der Waals surface area contributed by atoms with Crippen molar-refractivity contribution >= 4 is 31.7 Å². The molecule has 1 aliphatic rings. The minimum Gasteiger partial charge on any atom is -0.336 e. The van der Waals surface area contributed by atoms with E-state index in [0.29, 0.717) is 23.1 Å². The summed E-state index contributed by atoms with van der Waals surface area (Å²) in [7, 11) is -3.00. The van der Waals surface area contributed by atoms with Crippen LogP contribution < -0.4 is 0 Å². The van der Waals surface area contributed by atoms with Gasteiger partial charge in [-0.3, -0.25) is 4.79 Å². The molecule has 0 radical (unpaired) electrons. The molecular formula is C11H13BrN2O3S. The van der Waals surface area contributed by atoms with Crippen LogP contribution in [0.25, 0.3) is 0 Å². The molecule has 2 heterocycles. The minimum absolute atomic E-state index is 0.0309. The monoisotopic (exact) mass is 332 g/mol. The van der Waals surface area contributed by atoms with Gasteiger partial charge >= 0.3 is 0 Å². The van der Waals surface area contributed by atoms with Crippen LogP contribution in [-0.4, -0.2) is 48.8 Å². The lowest BCUT2D eigenvalue weighted by Gasteiger charge is -2.19. The smallest absolute Gasteiger partial charge is 0.273 e. The van der Waals surface area contributed by atoms with Gasteiger partial charge < -0.3 is 4.90 Å². The predicted molar refractivity (Wildman–Crippen MR) is 71.1 cm³/mol. The summed E-state index contributed by atoms with van der Waals surface area (Å²) in [6.07, 6.45) is 2.03. The Kier molecular flexibility index (Phi) is 4.01. The SMILES string of the molecule is O=C(c1ncccc1Br)N1CCCS(=O)(=O)CC1. The highest BCUT2D eigenvalue weighted by atomic mass is 79.9. The maximum Gasteiger partial charge on any atom is 0.273 e. The molecule has 0 aliphatic carbocycles. The van der Waals surface area contributed by atoms with Crippen molar-refractivity contribution in [1.29, 1.82) is 0 Å². The lowest BCUT2D eigenvalue weighted by molar-refractivity contribution is 0.0761. The summed E-state index contributed by atoms with van der Waals surface area (Å²) in [5.41, 5.74) is 0.330. The minimum atomic E-state index is -3.00. The van der Waals surface area contributed by atoms with E-state index in [9.17, 15) is 13.2 Å². The molecule has 1 saturated heterocycles. The maximum absolute atomic E-state index is 12.2. The molecule has 0 spiro atoms. The first kappa shape index (κ1) is 13.5. The number of halogens is 1. The lowest BCUT2D eigenvalue weighted by Crippen LogP contribution is -2.34. The van der Waals surface area contributed by atoms with E-state index in [1.165, 1.54) is 0 Å². The van der Waals surface area contributed by atoms with Crippen molar-refractivity contribution in [2.75, 3.05) is 24.6 Å². The van der Waals surface area contributed by atoms with Gasteiger partial charge in [-0.1, -0.05) is 0 Å². The third kappa shape index (κ3) is 3.08. The Hall–Kier alpha value is -0.950. The van der Waals surface area contributed by atoms with Gasteiger partial charge in [0.2, 0.25) is 0 Å². The van der Waals surface area contributed by atoms with Crippen molar-refractivity contribution in [3.05, 3.63) is 28.5 Å². The number of pyridine rings is 1. The van der Waals surface area contributed by atoms with Crippen LogP contribution in [0.1, 0.15) is 16.9 Å². The van der Waals surface area contributed by atoms with Gasteiger partial charge in [0.1, 0.15) is 5.69 Å². The van der Waals surface area contributed by atoms with Crippen molar-refractivity contribution in [2.24, 2.45) is 0 Å². The van der Waals surface area contributed by atoms with Gasteiger partial charge in [-0.15, -0.1) is 0 Å². The second-order valence-corrected chi connectivity index (χ2v) is 7.29. The summed E-state index contributed by atoms with van der Waals surface area (Å²) >= 11 is 3.28. The molecular weight excluding hydrogens is 320 g/mol. The molecule has 1 fully saturated rings. The average molecular weight is 333 g/mol. The third-order valence-electron chi connectivity index (χ3n) is 2.80. The van der Waals surface area contributed by atoms with E-state index in [1.807, 2.05) is 0 Å². The van der Waals surface area contributed by atoms with Crippen LogP contribution in [0.2, 0.25) is 0 Å². The Balaban J connectivity index is 2.17. The molecule has 18 heavy (non-hydrogen) atoms. The van der Waals surface area contributed by atoms with Crippen molar-refractivity contribution < 1.29 is 13.2 Å². The second-order valence-electron chi connectivity index (χ2n) is 4.13. The van der Waals surface area contributed by atoms with Gasteiger partial charge in [-0.2, -0.15) is 0 Å². The molecule has 1 aromatic rings. The standard InChI is InChI=1S/C11H13BrN2O3S/c12-9-3-1-4-13-10(9)11(15)14-5-2-7-18(16,17)8-6-14/h1,3-4H,2,5-8H2. The van der Waals surface area contributed by atoms with Gasteiger partial charge in [-0.05, 0) is 34.5 Å². The highest BCUT2D eigenvalue weighted by Gasteiger charge is 2.24. The van der Waals surface area contributed by atoms with Crippen molar-refractivity contribution in [2.45, 2.75) is 6.42 Å². The van der Waals surface area contributed by atoms with E-state index in [-0.39, 0.29) is 24.0 Å². The molecule has 0 atom stereocenters. The van der Waals surface area contributed by atoms with Crippen molar-refractivity contribution in [3.8, 4) is 0 Å². The molecule has 0 saturated carbocycles. The lowest BCUT2D eigenvalue weighted by atomic mass is 10.3.